The molecule has 1 unspecified atom stereocenters. The van der Waals surface area contributed by atoms with Gasteiger partial charge in [-0.2, -0.15) is 0 Å². The molecular formula is C24H20I2N2O3. The summed E-state index contributed by atoms with van der Waals surface area (Å²) in [6.07, 6.45) is 0.506. The molecule has 0 aliphatic carbocycles. The van der Waals surface area contributed by atoms with Crippen LogP contribution in [0.1, 0.15) is 18.0 Å². The van der Waals surface area contributed by atoms with E-state index in [4.69, 9.17) is 14.5 Å². The number of hydrogen-bond acceptors (Lipinski definition) is 4. The van der Waals surface area contributed by atoms with E-state index in [-0.39, 0.29) is 11.9 Å². The second kappa shape index (κ2) is 9.56. The van der Waals surface area contributed by atoms with Crippen LogP contribution in [0.2, 0.25) is 0 Å². The minimum atomic E-state index is -0.185. The van der Waals surface area contributed by atoms with Crippen LogP contribution >= 0.6 is 45.2 Å². The van der Waals surface area contributed by atoms with Crippen molar-refractivity contribution in [1.82, 2.24) is 0 Å². The summed E-state index contributed by atoms with van der Waals surface area (Å²) in [5, 5.41) is 0. The number of carbonyl (C=O) groups excluding carboxylic acids is 1. The predicted octanol–water partition coefficient (Wildman–Crippen LogP) is 6.16. The zero-order valence-corrected chi connectivity index (χ0v) is 21.3. The van der Waals surface area contributed by atoms with Gasteiger partial charge < -0.3 is 9.47 Å². The number of methoxy groups -OCH3 is 2. The lowest BCUT2D eigenvalue weighted by atomic mass is 10.0. The van der Waals surface area contributed by atoms with E-state index >= 15 is 0 Å². The number of amides is 1. The number of rotatable bonds is 5. The summed E-state index contributed by atoms with van der Waals surface area (Å²) in [4.78, 5) is 20.0. The number of hydrogen-bond donors (Lipinski definition) is 0. The topological polar surface area (TPSA) is 51.1 Å². The maximum atomic E-state index is 13.5. The number of anilines is 1. The number of benzene rings is 3. The normalized spacial score (nSPS) is 17.3. The van der Waals surface area contributed by atoms with Gasteiger partial charge in [-0.1, -0.05) is 6.07 Å². The zero-order chi connectivity index (χ0) is 22.0. The number of nitrogens with zero attached hydrogens (tertiary/aromatic N) is 2. The van der Waals surface area contributed by atoms with Gasteiger partial charge in [0.1, 0.15) is 5.71 Å². The van der Waals surface area contributed by atoms with E-state index in [0.717, 1.165) is 24.1 Å². The highest BCUT2D eigenvalue weighted by Gasteiger charge is 2.39. The van der Waals surface area contributed by atoms with Gasteiger partial charge in [-0.15, -0.1) is 0 Å². The van der Waals surface area contributed by atoms with E-state index in [1.54, 1.807) is 14.2 Å². The maximum absolute atomic E-state index is 13.5. The first-order valence-electron chi connectivity index (χ1n) is 9.64. The molecule has 3 aromatic carbocycles. The summed E-state index contributed by atoms with van der Waals surface area (Å²) in [5.74, 6) is 1.21. The molecule has 4 rings (SSSR count). The number of ether oxygens (including phenoxy) is 2. The average Bonchev–Trinajstić information content (AvgIpc) is 3.11. The third-order valence-corrected chi connectivity index (χ3v) is 6.59. The lowest BCUT2D eigenvalue weighted by molar-refractivity contribution is -0.112. The molecule has 0 spiro atoms. The molecule has 1 heterocycles. The summed E-state index contributed by atoms with van der Waals surface area (Å²) < 4.78 is 13.1. The van der Waals surface area contributed by atoms with Crippen LogP contribution in [0, 0.1) is 7.14 Å². The molecule has 1 aliphatic rings. The standard InChI is InChI=1S/C24H20I2N2O3/c1-30-22-12-3-15(13-23(22)31-2)21-14-20(27-18-8-4-16(25)5-9-18)24(29)28(21)19-10-6-17(26)7-11-19/h3-13,21H,14H2,1-2H3. The lowest BCUT2D eigenvalue weighted by Gasteiger charge is -2.25. The minimum Gasteiger partial charge on any atom is -0.493 e. The van der Waals surface area contributed by atoms with E-state index in [2.05, 4.69) is 45.2 Å². The first-order chi connectivity index (χ1) is 15.0. The van der Waals surface area contributed by atoms with Gasteiger partial charge in [-0.05, 0) is 111 Å². The number of halogens is 2. The molecule has 1 atom stereocenters. The molecule has 31 heavy (non-hydrogen) atoms. The molecule has 0 aromatic heterocycles. The van der Waals surface area contributed by atoms with Crippen LogP contribution in [0.3, 0.4) is 0 Å². The molecule has 1 fully saturated rings. The molecule has 1 aliphatic heterocycles. The molecule has 158 valence electrons. The highest BCUT2D eigenvalue weighted by atomic mass is 127. The van der Waals surface area contributed by atoms with Gasteiger partial charge in [0.2, 0.25) is 0 Å². The molecule has 1 saturated heterocycles. The molecule has 5 nitrogen and oxygen atoms in total. The molecule has 0 bridgehead atoms. The summed E-state index contributed by atoms with van der Waals surface area (Å²) in [6.45, 7) is 0. The van der Waals surface area contributed by atoms with Gasteiger partial charge in [0.15, 0.2) is 11.5 Å². The molecule has 0 saturated carbocycles. The summed E-state index contributed by atoms with van der Waals surface area (Å²) in [7, 11) is 3.22. The van der Waals surface area contributed by atoms with Gasteiger partial charge in [0, 0.05) is 19.2 Å². The van der Waals surface area contributed by atoms with Crippen molar-refractivity contribution >= 4 is 68.2 Å². The summed E-state index contributed by atoms with van der Waals surface area (Å²) in [6, 6.07) is 21.4. The Morgan fingerprint density at radius 1 is 0.871 bits per heavy atom. The summed E-state index contributed by atoms with van der Waals surface area (Å²) >= 11 is 4.52. The second-order valence-corrected chi connectivity index (χ2v) is 9.51. The Kier molecular flexibility index (Phi) is 6.80. The summed E-state index contributed by atoms with van der Waals surface area (Å²) in [5.41, 5.74) is 3.13. The molecule has 3 aromatic rings. The first-order valence-corrected chi connectivity index (χ1v) is 11.8. The maximum Gasteiger partial charge on any atom is 0.273 e. The SMILES string of the molecule is COc1ccc(C2CC(=Nc3ccc(I)cc3)C(=O)N2c2ccc(I)cc2)cc1OC. The van der Waals surface area contributed by atoms with Gasteiger partial charge >= 0.3 is 0 Å². The van der Waals surface area contributed by atoms with Crippen molar-refractivity contribution < 1.29 is 14.3 Å². The van der Waals surface area contributed by atoms with Crippen molar-refractivity contribution in [2.75, 3.05) is 19.1 Å². The van der Waals surface area contributed by atoms with Gasteiger partial charge in [0.25, 0.3) is 5.91 Å². The van der Waals surface area contributed by atoms with Gasteiger partial charge in [-0.25, -0.2) is 4.99 Å². The van der Waals surface area contributed by atoms with Crippen molar-refractivity contribution in [3.05, 3.63) is 79.4 Å². The van der Waals surface area contributed by atoms with E-state index in [9.17, 15) is 4.79 Å². The molecule has 7 heteroatoms. The van der Waals surface area contributed by atoms with Crippen molar-refractivity contribution in [3.63, 3.8) is 0 Å². The number of aliphatic imine (C=N–C) groups is 1. The Morgan fingerprint density at radius 2 is 1.48 bits per heavy atom. The number of carbonyl (C=O) groups is 1. The minimum absolute atomic E-state index is 0.0838. The average molecular weight is 638 g/mol. The van der Waals surface area contributed by atoms with Crippen LogP contribution in [0.4, 0.5) is 11.4 Å². The fourth-order valence-corrected chi connectivity index (χ4v) is 4.35. The van der Waals surface area contributed by atoms with Crippen LogP contribution in [-0.4, -0.2) is 25.8 Å². The van der Waals surface area contributed by atoms with E-state index in [1.807, 2.05) is 71.6 Å². The fourth-order valence-electron chi connectivity index (χ4n) is 3.63. The third kappa shape index (κ3) is 4.72. The van der Waals surface area contributed by atoms with Crippen LogP contribution < -0.4 is 14.4 Å². The first kappa shape index (κ1) is 22.1. The van der Waals surface area contributed by atoms with Crippen molar-refractivity contribution in [2.24, 2.45) is 4.99 Å². The fraction of sp³-hybridized carbons (Fsp3) is 0.167. The third-order valence-electron chi connectivity index (χ3n) is 5.15. The second-order valence-electron chi connectivity index (χ2n) is 7.02. The van der Waals surface area contributed by atoms with Gasteiger partial charge in [-0.3, -0.25) is 9.69 Å². The zero-order valence-electron chi connectivity index (χ0n) is 17.0. The largest absolute Gasteiger partial charge is 0.493 e. The van der Waals surface area contributed by atoms with E-state index < -0.39 is 0 Å². The van der Waals surface area contributed by atoms with Crippen LogP contribution in [-0.2, 0) is 4.79 Å². The Hall–Kier alpha value is -2.14. The Balaban J connectivity index is 1.78. The van der Waals surface area contributed by atoms with Crippen LogP contribution in [0.15, 0.2) is 71.7 Å². The highest BCUT2D eigenvalue weighted by molar-refractivity contribution is 14.1. The van der Waals surface area contributed by atoms with Crippen LogP contribution in [0.5, 0.6) is 11.5 Å². The quantitative estimate of drug-likeness (QED) is 0.315. The molecule has 0 radical (unpaired) electrons. The molecular weight excluding hydrogens is 618 g/mol. The predicted molar refractivity (Wildman–Crippen MR) is 140 cm³/mol. The molecule has 1 amide bonds. The lowest BCUT2D eigenvalue weighted by Crippen LogP contribution is -2.29. The van der Waals surface area contributed by atoms with Crippen LogP contribution in [0.25, 0.3) is 0 Å². The highest BCUT2D eigenvalue weighted by Crippen LogP contribution is 2.40. The van der Waals surface area contributed by atoms with Crippen molar-refractivity contribution in [3.8, 4) is 11.5 Å². The van der Waals surface area contributed by atoms with E-state index in [0.29, 0.717) is 23.6 Å². The molecule has 0 N–H and O–H groups in total. The van der Waals surface area contributed by atoms with Gasteiger partial charge in [0.05, 0.1) is 25.9 Å². The Morgan fingerprint density at radius 3 is 2.10 bits per heavy atom. The van der Waals surface area contributed by atoms with E-state index in [1.165, 1.54) is 0 Å². The smallest absolute Gasteiger partial charge is 0.273 e. The van der Waals surface area contributed by atoms with Crippen molar-refractivity contribution in [1.29, 1.82) is 0 Å². The monoisotopic (exact) mass is 638 g/mol. The Labute approximate surface area is 208 Å². The Bertz CT molecular complexity index is 1130. The van der Waals surface area contributed by atoms with Crippen molar-refractivity contribution in [2.45, 2.75) is 12.5 Å².